The van der Waals surface area contributed by atoms with E-state index >= 15 is 0 Å². The SMILES string of the molecule is Cn1c(CC(=O)C2CCCCO2)nc2ccccc21. The number of ketones is 1. The molecule has 1 aliphatic rings. The van der Waals surface area contributed by atoms with Crippen molar-refractivity contribution < 1.29 is 9.53 Å². The number of imidazole rings is 1. The normalized spacial score (nSPS) is 19.7. The molecule has 0 bridgehead atoms. The molecule has 1 atom stereocenters. The van der Waals surface area contributed by atoms with Gasteiger partial charge in [-0.25, -0.2) is 4.98 Å². The summed E-state index contributed by atoms with van der Waals surface area (Å²) in [7, 11) is 1.96. The minimum Gasteiger partial charge on any atom is -0.370 e. The third-order valence-electron chi connectivity index (χ3n) is 3.75. The summed E-state index contributed by atoms with van der Waals surface area (Å²) in [6.07, 6.45) is 3.13. The number of para-hydroxylation sites is 2. The maximum absolute atomic E-state index is 12.2. The Labute approximate surface area is 112 Å². The van der Waals surface area contributed by atoms with Crippen LogP contribution in [0, 0.1) is 0 Å². The fourth-order valence-electron chi connectivity index (χ4n) is 2.62. The lowest BCUT2D eigenvalue weighted by atomic mass is 10.0. The quantitative estimate of drug-likeness (QED) is 0.848. The summed E-state index contributed by atoms with van der Waals surface area (Å²) in [5.74, 6) is 0.971. The van der Waals surface area contributed by atoms with E-state index in [1.54, 1.807) is 0 Å². The molecule has 0 spiro atoms. The number of aromatic nitrogens is 2. The largest absolute Gasteiger partial charge is 0.370 e. The van der Waals surface area contributed by atoms with Crippen LogP contribution in [0.25, 0.3) is 11.0 Å². The second-order valence-corrected chi connectivity index (χ2v) is 5.07. The number of fused-ring (bicyclic) bond motifs is 1. The maximum Gasteiger partial charge on any atom is 0.169 e. The molecule has 1 aromatic carbocycles. The van der Waals surface area contributed by atoms with E-state index in [-0.39, 0.29) is 11.9 Å². The minimum atomic E-state index is -0.228. The average molecular weight is 258 g/mol. The van der Waals surface area contributed by atoms with E-state index in [0.29, 0.717) is 13.0 Å². The molecule has 0 N–H and O–H groups in total. The Hall–Kier alpha value is -1.68. The van der Waals surface area contributed by atoms with E-state index in [1.165, 1.54) is 0 Å². The minimum absolute atomic E-state index is 0.151. The van der Waals surface area contributed by atoms with E-state index in [4.69, 9.17) is 4.74 Å². The lowest BCUT2D eigenvalue weighted by Crippen LogP contribution is -2.30. The number of ether oxygens (including phenoxy) is 1. The van der Waals surface area contributed by atoms with Gasteiger partial charge in [-0.3, -0.25) is 4.79 Å². The van der Waals surface area contributed by atoms with Crippen LogP contribution >= 0.6 is 0 Å². The molecule has 1 saturated heterocycles. The second-order valence-electron chi connectivity index (χ2n) is 5.07. The Bertz CT molecular complexity index is 597. The number of aryl methyl sites for hydroxylation is 1. The molecule has 1 aliphatic heterocycles. The van der Waals surface area contributed by atoms with Gasteiger partial charge in [0.2, 0.25) is 0 Å². The number of hydrogen-bond acceptors (Lipinski definition) is 3. The van der Waals surface area contributed by atoms with Crippen LogP contribution in [-0.4, -0.2) is 28.0 Å². The summed E-state index contributed by atoms with van der Waals surface area (Å²) in [6, 6.07) is 7.94. The van der Waals surface area contributed by atoms with Gasteiger partial charge < -0.3 is 9.30 Å². The third kappa shape index (κ3) is 2.40. The van der Waals surface area contributed by atoms with E-state index in [9.17, 15) is 4.79 Å². The smallest absolute Gasteiger partial charge is 0.169 e. The Morgan fingerprint density at radius 1 is 1.42 bits per heavy atom. The zero-order chi connectivity index (χ0) is 13.2. The van der Waals surface area contributed by atoms with Crippen LogP contribution in [0.15, 0.2) is 24.3 Å². The number of carbonyl (C=O) groups is 1. The topological polar surface area (TPSA) is 44.1 Å². The molecule has 2 heterocycles. The highest BCUT2D eigenvalue weighted by atomic mass is 16.5. The second kappa shape index (κ2) is 5.13. The summed E-state index contributed by atoms with van der Waals surface area (Å²) in [6.45, 7) is 0.707. The molecule has 0 saturated carbocycles. The monoisotopic (exact) mass is 258 g/mol. The van der Waals surface area contributed by atoms with Gasteiger partial charge in [0.15, 0.2) is 5.78 Å². The van der Waals surface area contributed by atoms with Gasteiger partial charge in [0.25, 0.3) is 0 Å². The van der Waals surface area contributed by atoms with Gasteiger partial charge in [0.05, 0.1) is 17.5 Å². The van der Waals surface area contributed by atoms with E-state index in [1.807, 2.05) is 35.9 Å². The molecule has 4 heteroatoms. The molecular formula is C15H18N2O2. The first-order chi connectivity index (χ1) is 9.25. The van der Waals surface area contributed by atoms with E-state index < -0.39 is 0 Å². The van der Waals surface area contributed by atoms with Crippen LogP contribution in [0.1, 0.15) is 25.1 Å². The molecule has 19 heavy (non-hydrogen) atoms. The van der Waals surface area contributed by atoms with Gasteiger partial charge in [-0.2, -0.15) is 0 Å². The van der Waals surface area contributed by atoms with Gasteiger partial charge in [-0.05, 0) is 31.4 Å². The van der Waals surface area contributed by atoms with Crippen molar-refractivity contribution in [2.45, 2.75) is 31.8 Å². The van der Waals surface area contributed by atoms with Crippen LogP contribution in [0.5, 0.6) is 0 Å². The Balaban J connectivity index is 1.81. The first-order valence-corrected chi connectivity index (χ1v) is 6.80. The van der Waals surface area contributed by atoms with Gasteiger partial charge in [-0.1, -0.05) is 12.1 Å². The van der Waals surface area contributed by atoms with Gasteiger partial charge >= 0.3 is 0 Å². The zero-order valence-electron chi connectivity index (χ0n) is 11.1. The van der Waals surface area contributed by atoms with Gasteiger partial charge in [0, 0.05) is 13.7 Å². The highest BCUT2D eigenvalue weighted by Crippen LogP contribution is 2.18. The molecule has 1 aromatic heterocycles. The van der Waals surface area contributed by atoms with Crippen molar-refractivity contribution in [3.05, 3.63) is 30.1 Å². The molecule has 2 aromatic rings. The summed E-state index contributed by atoms with van der Waals surface area (Å²) >= 11 is 0. The van der Waals surface area contributed by atoms with Crippen molar-refractivity contribution in [3.63, 3.8) is 0 Å². The van der Waals surface area contributed by atoms with Gasteiger partial charge in [0.1, 0.15) is 11.9 Å². The first-order valence-electron chi connectivity index (χ1n) is 6.80. The maximum atomic E-state index is 12.2. The number of nitrogens with zero attached hydrogens (tertiary/aromatic N) is 2. The first kappa shape index (κ1) is 12.4. The number of rotatable bonds is 3. The summed E-state index contributed by atoms with van der Waals surface area (Å²) < 4.78 is 7.54. The Morgan fingerprint density at radius 2 is 2.26 bits per heavy atom. The number of hydrogen-bond donors (Lipinski definition) is 0. The summed E-state index contributed by atoms with van der Waals surface area (Å²) in [5, 5.41) is 0. The predicted molar refractivity (Wildman–Crippen MR) is 73.0 cm³/mol. The van der Waals surface area contributed by atoms with Crippen molar-refractivity contribution in [1.29, 1.82) is 0 Å². The standard InChI is InChI=1S/C15H18N2O2/c1-17-12-7-3-2-6-11(12)16-15(17)10-13(18)14-8-4-5-9-19-14/h2-3,6-7,14H,4-5,8-10H2,1H3. The number of Topliss-reactive ketones (excluding diaryl/α,β-unsaturated/α-hetero) is 1. The van der Waals surface area contributed by atoms with Crippen molar-refractivity contribution in [1.82, 2.24) is 9.55 Å². The van der Waals surface area contributed by atoms with E-state index in [0.717, 1.165) is 36.1 Å². The van der Waals surface area contributed by atoms with Crippen LogP contribution in [-0.2, 0) is 23.0 Å². The molecule has 4 nitrogen and oxygen atoms in total. The summed E-state index contributed by atoms with van der Waals surface area (Å²) in [4.78, 5) is 16.8. The van der Waals surface area contributed by atoms with Crippen molar-refractivity contribution in [2.24, 2.45) is 7.05 Å². The Morgan fingerprint density at radius 3 is 3.00 bits per heavy atom. The van der Waals surface area contributed by atoms with Crippen LogP contribution in [0.2, 0.25) is 0 Å². The molecule has 0 aliphatic carbocycles. The third-order valence-corrected chi connectivity index (χ3v) is 3.75. The van der Waals surface area contributed by atoms with Crippen LogP contribution in [0.4, 0.5) is 0 Å². The average Bonchev–Trinajstić information content (AvgIpc) is 2.77. The Kier molecular flexibility index (Phi) is 3.34. The van der Waals surface area contributed by atoms with Crippen molar-refractivity contribution >= 4 is 16.8 Å². The fraction of sp³-hybridized carbons (Fsp3) is 0.467. The number of benzene rings is 1. The highest BCUT2D eigenvalue weighted by Gasteiger charge is 2.23. The molecule has 1 unspecified atom stereocenters. The van der Waals surface area contributed by atoms with Crippen molar-refractivity contribution in [3.8, 4) is 0 Å². The highest BCUT2D eigenvalue weighted by molar-refractivity contribution is 5.86. The molecule has 1 fully saturated rings. The van der Waals surface area contributed by atoms with Gasteiger partial charge in [-0.15, -0.1) is 0 Å². The zero-order valence-corrected chi connectivity index (χ0v) is 11.1. The molecule has 100 valence electrons. The van der Waals surface area contributed by atoms with Crippen LogP contribution in [0.3, 0.4) is 0 Å². The number of carbonyl (C=O) groups excluding carboxylic acids is 1. The molecular weight excluding hydrogens is 240 g/mol. The van der Waals surface area contributed by atoms with E-state index in [2.05, 4.69) is 4.98 Å². The lowest BCUT2D eigenvalue weighted by molar-refractivity contribution is -0.132. The van der Waals surface area contributed by atoms with Crippen LogP contribution < -0.4 is 0 Å². The van der Waals surface area contributed by atoms with Crippen molar-refractivity contribution in [2.75, 3.05) is 6.61 Å². The molecule has 3 rings (SSSR count). The molecule has 0 amide bonds. The summed E-state index contributed by atoms with van der Waals surface area (Å²) in [5.41, 5.74) is 2.01. The predicted octanol–water partition coefficient (Wildman–Crippen LogP) is 2.25. The fourth-order valence-corrected chi connectivity index (χ4v) is 2.62. The molecule has 0 radical (unpaired) electrons. The lowest BCUT2D eigenvalue weighted by Gasteiger charge is -2.21.